The number of methoxy groups -OCH3 is 1. The topological polar surface area (TPSA) is 107 Å². The molecule has 2 heterocycles. The number of primary amides is 1. The van der Waals surface area contributed by atoms with Crippen molar-refractivity contribution in [2.75, 3.05) is 12.4 Å². The number of nitrogens with two attached hydrogens (primary N) is 1. The highest BCUT2D eigenvalue weighted by molar-refractivity contribution is 6.14. The summed E-state index contributed by atoms with van der Waals surface area (Å²) in [7, 11) is 1.47. The molecule has 116 valence electrons. The lowest BCUT2D eigenvalue weighted by Crippen LogP contribution is -2.17. The van der Waals surface area contributed by atoms with Gasteiger partial charge in [0.15, 0.2) is 0 Å². The highest BCUT2D eigenvalue weighted by atomic mass is 16.5. The third kappa shape index (κ3) is 2.59. The Balaban J connectivity index is 2.05. The van der Waals surface area contributed by atoms with Gasteiger partial charge in [-0.1, -0.05) is 12.1 Å². The lowest BCUT2D eigenvalue weighted by atomic mass is 10.1. The average molecular weight is 311 g/mol. The Morgan fingerprint density at radius 2 is 2.00 bits per heavy atom. The van der Waals surface area contributed by atoms with Gasteiger partial charge in [-0.3, -0.25) is 9.59 Å². The molecule has 0 saturated carbocycles. The largest absolute Gasteiger partial charge is 0.496 e. The van der Waals surface area contributed by atoms with Crippen molar-refractivity contribution in [3.05, 3.63) is 53.9 Å². The van der Waals surface area contributed by atoms with Crippen molar-refractivity contribution in [3.63, 3.8) is 0 Å². The molecule has 0 spiro atoms. The highest BCUT2D eigenvalue weighted by Crippen LogP contribution is 2.30. The fourth-order valence-corrected chi connectivity index (χ4v) is 2.24. The molecule has 0 radical (unpaired) electrons. The fourth-order valence-electron chi connectivity index (χ4n) is 2.24. The second-order valence-corrected chi connectivity index (χ2v) is 4.68. The van der Waals surface area contributed by atoms with E-state index in [-0.39, 0.29) is 17.2 Å². The van der Waals surface area contributed by atoms with E-state index in [1.54, 1.807) is 36.4 Å². The van der Waals surface area contributed by atoms with Crippen LogP contribution in [0, 0.1) is 0 Å². The number of carbonyl (C=O) groups excluding carboxylic acids is 2. The van der Waals surface area contributed by atoms with E-state index >= 15 is 0 Å². The predicted octanol–water partition coefficient (Wildman–Crippen LogP) is 2.19. The second-order valence-electron chi connectivity index (χ2n) is 4.68. The van der Waals surface area contributed by atoms with Crippen LogP contribution in [-0.2, 0) is 0 Å². The summed E-state index contributed by atoms with van der Waals surface area (Å²) in [6.07, 6.45) is 1.52. The van der Waals surface area contributed by atoms with Crippen LogP contribution in [0.5, 0.6) is 5.75 Å². The number of amides is 2. The molecule has 1 aromatic carbocycles. The molecule has 0 saturated heterocycles. The van der Waals surface area contributed by atoms with Gasteiger partial charge in [-0.05, 0) is 24.3 Å². The number of nitrogens with zero attached hydrogens (tertiary/aromatic N) is 1. The summed E-state index contributed by atoms with van der Waals surface area (Å²) in [5, 5.41) is 3.14. The molecule has 7 nitrogen and oxygen atoms in total. The molecule has 0 unspecified atom stereocenters. The Hall–Kier alpha value is -3.35. The normalized spacial score (nSPS) is 10.5. The number of fused-ring (bicyclic) bond motifs is 1. The molecule has 23 heavy (non-hydrogen) atoms. The maximum absolute atomic E-state index is 12.5. The number of hydrogen-bond acceptors (Lipinski definition) is 5. The Morgan fingerprint density at radius 3 is 2.74 bits per heavy atom. The van der Waals surface area contributed by atoms with Crippen molar-refractivity contribution in [3.8, 4) is 5.75 Å². The van der Waals surface area contributed by atoms with E-state index < -0.39 is 11.8 Å². The van der Waals surface area contributed by atoms with E-state index in [0.717, 1.165) is 0 Å². The fraction of sp³-hybridized carbons (Fsp3) is 0.0625. The average Bonchev–Trinajstić information content (AvgIpc) is 2.94. The van der Waals surface area contributed by atoms with Crippen LogP contribution in [0.3, 0.4) is 0 Å². The number of carbonyl (C=O) groups is 2. The standard InChI is InChI=1S/C16H13N3O4/c1-22-11-7-3-2-5-9(11)15(21)19-12-10-6-4-8-18-16(10)23-13(12)14(17)20/h2-8H,1H3,(H2,17,20)(H,19,21). The van der Waals surface area contributed by atoms with Crippen LogP contribution in [0.15, 0.2) is 47.0 Å². The van der Waals surface area contributed by atoms with Gasteiger partial charge in [0.05, 0.1) is 18.1 Å². The third-order valence-electron chi connectivity index (χ3n) is 3.28. The zero-order valence-corrected chi connectivity index (χ0v) is 12.2. The highest BCUT2D eigenvalue weighted by Gasteiger charge is 2.22. The van der Waals surface area contributed by atoms with Gasteiger partial charge in [0.2, 0.25) is 11.5 Å². The lowest BCUT2D eigenvalue weighted by molar-refractivity contribution is 0.0977. The smallest absolute Gasteiger partial charge is 0.286 e. The number of benzene rings is 1. The van der Waals surface area contributed by atoms with Gasteiger partial charge in [-0.15, -0.1) is 0 Å². The van der Waals surface area contributed by atoms with E-state index in [0.29, 0.717) is 16.7 Å². The van der Waals surface area contributed by atoms with Crippen LogP contribution in [0.4, 0.5) is 5.69 Å². The van der Waals surface area contributed by atoms with Gasteiger partial charge in [-0.2, -0.15) is 0 Å². The minimum Gasteiger partial charge on any atom is -0.496 e. The number of nitrogens with one attached hydrogen (secondary N) is 1. The summed E-state index contributed by atoms with van der Waals surface area (Å²) in [5.74, 6) is -0.978. The summed E-state index contributed by atoms with van der Waals surface area (Å²) in [5.41, 5.74) is 6.05. The number of anilines is 1. The molecule has 0 aliphatic carbocycles. The number of furan rings is 1. The van der Waals surface area contributed by atoms with Gasteiger partial charge in [0.25, 0.3) is 11.8 Å². The molecule has 2 aromatic heterocycles. The van der Waals surface area contributed by atoms with Crippen LogP contribution in [0.1, 0.15) is 20.9 Å². The first kappa shape index (κ1) is 14.6. The number of rotatable bonds is 4. The number of para-hydroxylation sites is 1. The Morgan fingerprint density at radius 1 is 1.22 bits per heavy atom. The van der Waals surface area contributed by atoms with Crippen molar-refractivity contribution >= 4 is 28.6 Å². The van der Waals surface area contributed by atoms with E-state index in [9.17, 15) is 9.59 Å². The zero-order chi connectivity index (χ0) is 16.4. The number of hydrogen-bond donors (Lipinski definition) is 2. The zero-order valence-electron chi connectivity index (χ0n) is 12.2. The molecule has 0 atom stereocenters. The molecule has 3 N–H and O–H groups in total. The quantitative estimate of drug-likeness (QED) is 0.768. The first-order valence-corrected chi connectivity index (χ1v) is 6.73. The maximum Gasteiger partial charge on any atom is 0.286 e. The second kappa shape index (κ2) is 5.80. The van der Waals surface area contributed by atoms with Crippen LogP contribution in [0.2, 0.25) is 0 Å². The van der Waals surface area contributed by atoms with Gasteiger partial charge in [-0.25, -0.2) is 4.98 Å². The molecular formula is C16H13N3O4. The number of ether oxygens (including phenoxy) is 1. The van der Waals surface area contributed by atoms with Gasteiger partial charge in [0.1, 0.15) is 11.4 Å². The van der Waals surface area contributed by atoms with Gasteiger partial charge >= 0.3 is 0 Å². The summed E-state index contributed by atoms with van der Waals surface area (Å²) in [4.78, 5) is 28.1. The Kier molecular flexibility index (Phi) is 3.68. The van der Waals surface area contributed by atoms with E-state index in [1.165, 1.54) is 13.3 Å². The van der Waals surface area contributed by atoms with Crippen LogP contribution in [0.25, 0.3) is 11.1 Å². The minimum atomic E-state index is -0.793. The monoisotopic (exact) mass is 311 g/mol. The molecule has 3 aromatic rings. The van der Waals surface area contributed by atoms with Gasteiger partial charge < -0.3 is 20.2 Å². The van der Waals surface area contributed by atoms with Crippen molar-refractivity contribution in [1.29, 1.82) is 0 Å². The molecule has 0 bridgehead atoms. The molecule has 0 fully saturated rings. The Bertz CT molecular complexity index is 901. The van der Waals surface area contributed by atoms with Crippen LogP contribution >= 0.6 is 0 Å². The van der Waals surface area contributed by atoms with Crippen molar-refractivity contribution in [2.45, 2.75) is 0 Å². The van der Waals surface area contributed by atoms with E-state index in [4.69, 9.17) is 14.9 Å². The molecule has 3 rings (SSSR count). The van der Waals surface area contributed by atoms with Crippen LogP contribution < -0.4 is 15.8 Å². The van der Waals surface area contributed by atoms with Crippen LogP contribution in [-0.4, -0.2) is 23.9 Å². The lowest BCUT2D eigenvalue weighted by Gasteiger charge is -2.08. The van der Waals surface area contributed by atoms with E-state index in [2.05, 4.69) is 10.3 Å². The molecular weight excluding hydrogens is 298 g/mol. The first-order valence-electron chi connectivity index (χ1n) is 6.73. The SMILES string of the molecule is COc1ccccc1C(=O)Nc1c(C(N)=O)oc2ncccc12. The third-order valence-corrected chi connectivity index (χ3v) is 3.28. The molecule has 7 heteroatoms. The molecule has 0 aliphatic heterocycles. The van der Waals surface area contributed by atoms with Crippen molar-refractivity contribution < 1.29 is 18.7 Å². The maximum atomic E-state index is 12.5. The molecule has 0 aliphatic rings. The number of pyridine rings is 1. The van der Waals surface area contributed by atoms with Crippen molar-refractivity contribution in [2.24, 2.45) is 5.73 Å². The first-order chi connectivity index (χ1) is 11.1. The van der Waals surface area contributed by atoms with Gasteiger partial charge in [0, 0.05) is 6.20 Å². The summed E-state index contributed by atoms with van der Waals surface area (Å²) in [6, 6.07) is 10.1. The minimum absolute atomic E-state index is 0.151. The van der Waals surface area contributed by atoms with Crippen molar-refractivity contribution in [1.82, 2.24) is 4.98 Å². The predicted molar refractivity (Wildman–Crippen MR) is 83.5 cm³/mol. The summed E-state index contributed by atoms with van der Waals surface area (Å²) in [6.45, 7) is 0. The number of aromatic nitrogens is 1. The Labute approximate surface area is 131 Å². The van der Waals surface area contributed by atoms with E-state index in [1.807, 2.05) is 0 Å². The summed E-state index contributed by atoms with van der Waals surface area (Å²) >= 11 is 0. The molecule has 2 amide bonds. The summed E-state index contributed by atoms with van der Waals surface area (Å²) < 4.78 is 10.5.